The van der Waals surface area contributed by atoms with Gasteiger partial charge < -0.3 is 0 Å². The Balaban J connectivity index is 1.53. The Morgan fingerprint density at radius 2 is 0.643 bits per heavy atom. The lowest BCUT2D eigenvalue weighted by Gasteiger charge is -2.07. The van der Waals surface area contributed by atoms with Crippen LogP contribution in [0.2, 0.25) is 0 Å². The van der Waals surface area contributed by atoms with Crippen molar-refractivity contribution in [2.75, 3.05) is 0 Å². The molecule has 0 unspecified atom stereocenters. The summed E-state index contributed by atoms with van der Waals surface area (Å²) in [5.41, 5.74) is 9.39. The zero-order valence-corrected chi connectivity index (χ0v) is 14.9. The highest BCUT2D eigenvalue weighted by Gasteiger charge is 2.07. The van der Waals surface area contributed by atoms with Crippen LogP contribution in [-0.2, 0) is 0 Å². The van der Waals surface area contributed by atoms with Gasteiger partial charge in [-0.2, -0.15) is 0 Å². The zero-order chi connectivity index (χ0) is 18.5. The van der Waals surface area contributed by atoms with Crippen molar-refractivity contribution in [3.05, 3.63) is 84.9 Å². The fraction of sp³-hybridized carbons (Fsp3) is 0. The van der Waals surface area contributed by atoms with Gasteiger partial charge in [-0.05, 0) is 59.7 Å². The fourth-order valence-electron chi connectivity index (χ4n) is 3.60. The lowest BCUT2D eigenvalue weighted by Crippen LogP contribution is -1.90. The topological polar surface area (TPSA) is 51.6 Å². The van der Waals surface area contributed by atoms with Crippen LogP contribution in [0.3, 0.4) is 0 Å². The van der Waals surface area contributed by atoms with Crippen molar-refractivity contribution in [3.63, 3.8) is 0 Å². The van der Waals surface area contributed by atoms with Gasteiger partial charge in [0.25, 0.3) is 0 Å². The molecule has 4 heteroatoms. The number of benzene rings is 4. The summed E-state index contributed by atoms with van der Waals surface area (Å²) in [4.78, 5) is 19.0. The van der Waals surface area contributed by atoms with Crippen LogP contribution in [0.25, 0.3) is 55.3 Å². The smallest absolute Gasteiger partial charge is 0.0900 e. The van der Waals surface area contributed by atoms with Crippen LogP contribution in [0.4, 0.5) is 0 Å². The van der Waals surface area contributed by atoms with Crippen molar-refractivity contribution in [2.24, 2.45) is 0 Å². The van der Waals surface area contributed by atoms with Gasteiger partial charge in [-0.1, -0.05) is 36.4 Å². The summed E-state index contributed by atoms with van der Waals surface area (Å²) < 4.78 is 0. The second kappa shape index (κ2) is 5.79. The minimum absolute atomic E-state index is 0.890. The van der Waals surface area contributed by atoms with Gasteiger partial charge in [0.2, 0.25) is 0 Å². The molecule has 4 nitrogen and oxygen atoms in total. The number of rotatable bonds is 1. The molecule has 6 rings (SSSR count). The first-order chi connectivity index (χ1) is 13.8. The maximum Gasteiger partial charge on any atom is 0.0900 e. The molecule has 0 aliphatic carbocycles. The normalized spacial score (nSPS) is 11.6. The Bertz CT molecular complexity index is 1400. The molecule has 0 saturated heterocycles. The molecule has 0 aliphatic heterocycles. The average Bonchev–Trinajstić information content (AvgIpc) is 2.75. The number of hydrogen-bond acceptors (Lipinski definition) is 4. The van der Waals surface area contributed by atoms with Crippen LogP contribution >= 0.6 is 0 Å². The summed E-state index contributed by atoms with van der Waals surface area (Å²) in [6.45, 7) is 0. The van der Waals surface area contributed by atoms with E-state index in [1.165, 1.54) is 0 Å². The standard InChI is InChI=1S/C24H14N4/c1-3-7-19-17(5-1)25-21-11-9-15(13-23(21)27-19)16-10-12-22-24(14-16)28-20-8-4-2-6-18(20)26-22/h1-14H. The number of nitrogens with zero attached hydrogens (tertiary/aromatic N) is 4. The van der Waals surface area contributed by atoms with E-state index in [9.17, 15) is 0 Å². The molecule has 2 heterocycles. The van der Waals surface area contributed by atoms with E-state index in [-0.39, 0.29) is 0 Å². The third kappa shape index (κ3) is 2.39. The van der Waals surface area contributed by atoms with Crippen molar-refractivity contribution >= 4 is 44.1 Å². The van der Waals surface area contributed by atoms with Gasteiger partial charge >= 0.3 is 0 Å². The van der Waals surface area contributed by atoms with Crippen molar-refractivity contribution in [3.8, 4) is 11.1 Å². The van der Waals surface area contributed by atoms with E-state index < -0.39 is 0 Å². The highest BCUT2D eigenvalue weighted by Crippen LogP contribution is 2.27. The van der Waals surface area contributed by atoms with E-state index in [0.717, 1.165) is 55.3 Å². The first kappa shape index (κ1) is 15.2. The number of aromatic nitrogens is 4. The van der Waals surface area contributed by atoms with Crippen molar-refractivity contribution in [2.45, 2.75) is 0 Å². The number of fused-ring (bicyclic) bond motifs is 4. The van der Waals surface area contributed by atoms with Crippen LogP contribution < -0.4 is 0 Å². The van der Waals surface area contributed by atoms with E-state index >= 15 is 0 Å². The Hall–Kier alpha value is -3.92. The first-order valence-corrected chi connectivity index (χ1v) is 9.17. The molecule has 130 valence electrons. The molecular formula is C24H14N4. The third-order valence-electron chi connectivity index (χ3n) is 5.01. The van der Waals surface area contributed by atoms with Gasteiger partial charge in [0.1, 0.15) is 0 Å². The molecule has 0 bridgehead atoms. The summed E-state index contributed by atoms with van der Waals surface area (Å²) in [5.74, 6) is 0. The SMILES string of the molecule is c1ccc2nc3cc(-c4ccc5nc6ccccc6nc5c4)ccc3nc2c1. The second-order valence-electron chi connectivity index (χ2n) is 6.83. The van der Waals surface area contributed by atoms with Crippen LogP contribution in [0.1, 0.15) is 0 Å². The summed E-state index contributed by atoms with van der Waals surface area (Å²) in [7, 11) is 0. The molecule has 0 amide bonds. The lowest BCUT2D eigenvalue weighted by molar-refractivity contribution is 1.39. The highest BCUT2D eigenvalue weighted by molar-refractivity contribution is 5.92. The van der Waals surface area contributed by atoms with Gasteiger partial charge in [-0.3, -0.25) is 0 Å². The molecule has 28 heavy (non-hydrogen) atoms. The summed E-state index contributed by atoms with van der Waals surface area (Å²) in [6.07, 6.45) is 0. The largest absolute Gasteiger partial charge is 0.245 e. The van der Waals surface area contributed by atoms with Gasteiger partial charge in [0.05, 0.1) is 44.1 Å². The predicted molar refractivity (Wildman–Crippen MR) is 113 cm³/mol. The number of para-hydroxylation sites is 4. The highest BCUT2D eigenvalue weighted by atomic mass is 14.8. The minimum atomic E-state index is 0.890. The van der Waals surface area contributed by atoms with Crippen LogP contribution in [0.15, 0.2) is 84.9 Å². The predicted octanol–water partition coefficient (Wildman–Crippen LogP) is 5.55. The maximum atomic E-state index is 4.78. The molecule has 0 saturated carbocycles. The molecule has 0 radical (unpaired) electrons. The Kier molecular flexibility index (Phi) is 3.14. The van der Waals surface area contributed by atoms with E-state index in [0.29, 0.717) is 0 Å². The van der Waals surface area contributed by atoms with Crippen molar-refractivity contribution < 1.29 is 0 Å². The van der Waals surface area contributed by atoms with Crippen LogP contribution in [-0.4, -0.2) is 19.9 Å². The Morgan fingerprint density at radius 1 is 0.321 bits per heavy atom. The minimum Gasteiger partial charge on any atom is -0.245 e. The summed E-state index contributed by atoms with van der Waals surface area (Å²) in [6, 6.07) is 28.3. The molecule has 6 aromatic rings. The van der Waals surface area contributed by atoms with E-state index in [4.69, 9.17) is 19.9 Å². The van der Waals surface area contributed by atoms with Gasteiger partial charge in [-0.15, -0.1) is 0 Å². The van der Waals surface area contributed by atoms with Crippen LogP contribution in [0.5, 0.6) is 0 Å². The summed E-state index contributed by atoms with van der Waals surface area (Å²) in [5, 5.41) is 0. The molecule has 0 fully saturated rings. The molecule has 0 spiro atoms. The first-order valence-electron chi connectivity index (χ1n) is 9.17. The van der Waals surface area contributed by atoms with Crippen molar-refractivity contribution in [1.82, 2.24) is 19.9 Å². The maximum absolute atomic E-state index is 4.78. The van der Waals surface area contributed by atoms with Gasteiger partial charge in [0.15, 0.2) is 0 Å². The quantitative estimate of drug-likeness (QED) is 0.362. The monoisotopic (exact) mass is 358 g/mol. The summed E-state index contributed by atoms with van der Waals surface area (Å²) >= 11 is 0. The third-order valence-corrected chi connectivity index (χ3v) is 5.01. The van der Waals surface area contributed by atoms with Crippen molar-refractivity contribution in [1.29, 1.82) is 0 Å². The molecule has 0 atom stereocenters. The van der Waals surface area contributed by atoms with Gasteiger partial charge in [0, 0.05) is 0 Å². The molecule has 4 aromatic carbocycles. The van der Waals surface area contributed by atoms with E-state index in [1.807, 2.05) is 60.7 Å². The van der Waals surface area contributed by atoms with Crippen LogP contribution in [0, 0.1) is 0 Å². The molecule has 0 aliphatic rings. The van der Waals surface area contributed by atoms with E-state index in [2.05, 4.69) is 24.3 Å². The Labute approximate surface area is 160 Å². The fourth-order valence-corrected chi connectivity index (χ4v) is 3.60. The number of hydrogen-bond donors (Lipinski definition) is 0. The Morgan fingerprint density at radius 3 is 1.04 bits per heavy atom. The van der Waals surface area contributed by atoms with Gasteiger partial charge in [-0.25, -0.2) is 19.9 Å². The zero-order valence-electron chi connectivity index (χ0n) is 14.9. The molecule has 0 N–H and O–H groups in total. The molecular weight excluding hydrogens is 344 g/mol. The van der Waals surface area contributed by atoms with E-state index in [1.54, 1.807) is 0 Å². The second-order valence-corrected chi connectivity index (χ2v) is 6.83. The molecule has 2 aromatic heterocycles. The lowest BCUT2D eigenvalue weighted by atomic mass is 10.0. The average molecular weight is 358 g/mol.